The van der Waals surface area contributed by atoms with Crippen LogP contribution < -0.4 is 5.32 Å². The molecule has 1 amide bonds. The normalized spacial score (nSPS) is 24.5. The Kier molecular flexibility index (Phi) is 5.00. The number of carbonyl (C=O) groups is 1. The summed E-state index contributed by atoms with van der Waals surface area (Å²) in [5, 5.41) is 2.88. The molecule has 0 spiro atoms. The Morgan fingerprint density at radius 1 is 1.21 bits per heavy atom. The highest BCUT2D eigenvalue weighted by Gasteiger charge is 2.33. The highest BCUT2D eigenvalue weighted by atomic mass is 32.2. The van der Waals surface area contributed by atoms with Crippen molar-refractivity contribution in [3.63, 3.8) is 0 Å². The fourth-order valence-electron chi connectivity index (χ4n) is 4.05. The van der Waals surface area contributed by atoms with Crippen LogP contribution in [0.4, 0.5) is 0 Å². The number of rotatable bonds is 5. The molecular formula is C19H27NO3S. The minimum atomic E-state index is -3.13. The van der Waals surface area contributed by atoms with Crippen LogP contribution in [0.5, 0.6) is 0 Å². The summed E-state index contributed by atoms with van der Waals surface area (Å²) >= 11 is 0. The first kappa shape index (κ1) is 17.5. The van der Waals surface area contributed by atoms with Crippen LogP contribution >= 0.6 is 0 Å². The van der Waals surface area contributed by atoms with Gasteiger partial charge in [0.05, 0.1) is 11.0 Å². The van der Waals surface area contributed by atoms with Crippen LogP contribution in [0.2, 0.25) is 0 Å². The molecule has 1 saturated carbocycles. The summed E-state index contributed by atoms with van der Waals surface area (Å²) in [6.07, 6.45) is 6.25. The Hall–Kier alpha value is -1.36. The summed E-state index contributed by atoms with van der Waals surface area (Å²) in [5.74, 6) is -0.158. The van der Waals surface area contributed by atoms with Gasteiger partial charge in [-0.2, -0.15) is 0 Å². The van der Waals surface area contributed by atoms with Crippen LogP contribution in [0.1, 0.15) is 56.6 Å². The van der Waals surface area contributed by atoms with Crippen LogP contribution in [0.25, 0.3) is 0 Å². The fraction of sp³-hybridized carbons (Fsp3) is 0.632. The van der Waals surface area contributed by atoms with Crippen molar-refractivity contribution >= 4 is 15.7 Å². The molecule has 1 atom stereocenters. The summed E-state index contributed by atoms with van der Waals surface area (Å²) in [7, 11) is -3.13. The smallest absolute Gasteiger partial charge is 0.221 e. The largest absolute Gasteiger partial charge is 0.351 e. The van der Waals surface area contributed by atoms with Crippen LogP contribution in [0.3, 0.4) is 0 Å². The van der Waals surface area contributed by atoms with Gasteiger partial charge in [-0.15, -0.1) is 0 Å². The SMILES string of the molecule is CC1(NC(=O)CCS(=O)(=O)C2CCCC2)CCc2ccccc2C1. The fourth-order valence-corrected chi connectivity index (χ4v) is 5.90. The molecule has 1 aromatic carbocycles. The van der Waals surface area contributed by atoms with E-state index in [1.807, 2.05) is 12.1 Å². The highest BCUT2D eigenvalue weighted by molar-refractivity contribution is 7.92. The summed E-state index contributed by atoms with van der Waals surface area (Å²) in [5.41, 5.74) is 2.36. The van der Waals surface area contributed by atoms with Crippen LogP contribution in [-0.4, -0.2) is 30.9 Å². The minimum Gasteiger partial charge on any atom is -0.351 e. The Labute approximate surface area is 145 Å². The molecule has 24 heavy (non-hydrogen) atoms. The zero-order valence-corrected chi connectivity index (χ0v) is 15.2. The lowest BCUT2D eigenvalue weighted by Crippen LogP contribution is -2.50. The van der Waals surface area contributed by atoms with Gasteiger partial charge in [-0.05, 0) is 50.2 Å². The third-order valence-corrected chi connectivity index (χ3v) is 7.77. The lowest BCUT2D eigenvalue weighted by Gasteiger charge is -2.36. The van der Waals surface area contributed by atoms with Crippen LogP contribution in [0.15, 0.2) is 24.3 Å². The first-order valence-corrected chi connectivity index (χ1v) is 10.7. The molecule has 0 radical (unpaired) electrons. The van der Waals surface area contributed by atoms with Gasteiger partial charge in [0.1, 0.15) is 0 Å². The second-order valence-corrected chi connectivity index (χ2v) is 9.98. The number of fused-ring (bicyclic) bond motifs is 1. The predicted octanol–water partition coefficient (Wildman–Crippen LogP) is 2.80. The number of benzene rings is 1. The van der Waals surface area contributed by atoms with E-state index in [1.165, 1.54) is 11.1 Å². The average Bonchev–Trinajstić information content (AvgIpc) is 3.08. The maximum absolute atomic E-state index is 12.3. The van der Waals surface area contributed by atoms with E-state index in [-0.39, 0.29) is 28.9 Å². The number of sulfone groups is 1. The van der Waals surface area contributed by atoms with Gasteiger partial charge in [0.2, 0.25) is 5.91 Å². The van der Waals surface area contributed by atoms with Gasteiger partial charge in [0.25, 0.3) is 0 Å². The Morgan fingerprint density at radius 2 is 1.88 bits per heavy atom. The van der Waals surface area contributed by atoms with E-state index >= 15 is 0 Å². The Balaban J connectivity index is 1.55. The molecule has 0 bridgehead atoms. The maximum atomic E-state index is 12.3. The van der Waals surface area contributed by atoms with Gasteiger partial charge >= 0.3 is 0 Å². The van der Waals surface area contributed by atoms with Crippen molar-refractivity contribution in [3.05, 3.63) is 35.4 Å². The number of carbonyl (C=O) groups excluding carboxylic acids is 1. The monoisotopic (exact) mass is 349 g/mol. The van der Waals surface area contributed by atoms with E-state index in [9.17, 15) is 13.2 Å². The zero-order chi connectivity index (χ0) is 17.2. The van der Waals surface area contributed by atoms with Crippen molar-refractivity contribution in [1.29, 1.82) is 0 Å². The van der Waals surface area contributed by atoms with E-state index in [0.717, 1.165) is 44.9 Å². The number of amides is 1. The van der Waals surface area contributed by atoms with Gasteiger partial charge in [0.15, 0.2) is 9.84 Å². The number of hydrogen-bond donors (Lipinski definition) is 1. The molecule has 1 N–H and O–H groups in total. The summed E-state index contributed by atoms with van der Waals surface area (Å²) in [6, 6.07) is 8.34. The van der Waals surface area contributed by atoms with Gasteiger partial charge in [0, 0.05) is 12.0 Å². The molecule has 1 aromatic rings. The molecule has 0 saturated heterocycles. The van der Waals surface area contributed by atoms with Crippen molar-refractivity contribution in [2.24, 2.45) is 0 Å². The first-order chi connectivity index (χ1) is 11.4. The Morgan fingerprint density at radius 3 is 2.58 bits per heavy atom. The van der Waals surface area contributed by atoms with Gasteiger partial charge < -0.3 is 5.32 Å². The standard InChI is InChI=1S/C19H27NO3S/c1-19(12-10-15-6-2-3-7-16(15)14-19)20-18(21)11-13-24(22,23)17-8-4-5-9-17/h2-3,6-7,17H,4-5,8-14H2,1H3,(H,20,21). The van der Waals surface area contributed by atoms with Crippen molar-refractivity contribution in [3.8, 4) is 0 Å². The lowest BCUT2D eigenvalue weighted by molar-refractivity contribution is -0.122. The van der Waals surface area contributed by atoms with Crippen LogP contribution in [0, 0.1) is 0 Å². The molecule has 3 rings (SSSR count). The molecule has 2 aliphatic carbocycles. The summed E-state index contributed by atoms with van der Waals surface area (Å²) in [6.45, 7) is 2.06. The molecular weight excluding hydrogens is 322 g/mol. The number of aryl methyl sites for hydroxylation is 1. The first-order valence-electron chi connectivity index (χ1n) is 8.97. The topological polar surface area (TPSA) is 63.2 Å². The van der Waals surface area contributed by atoms with Crippen molar-refractivity contribution in [2.45, 2.75) is 69.1 Å². The van der Waals surface area contributed by atoms with Gasteiger partial charge in [-0.1, -0.05) is 37.1 Å². The van der Waals surface area contributed by atoms with E-state index < -0.39 is 9.84 Å². The zero-order valence-electron chi connectivity index (χ0n) is 14.4. The second-order valence-electron chi connectivity index (χ2n) is 7.58. The maximum Gasteiger partial charge on any atom is 0.221 e. The minimum absolute atomic E-state index is 0.0177. The van der Waals surface area contributed by atoms with Gasteiger partial charge in [-0.3, -0.25) is 4.79 Å². The van der Waals surface area contributed by atoms with Crippen molar-refractivity contribution in [1.82, 2.24) is 5.32 Å². The summed E-state index contributed by atoms with van der Waals surface area (Å²) in [4.78, 5) is 12.3. The molecule has 4 nitrogen and oxygen atoms in total. The highest BCUT2D eigenvalue weighted by Crippen LogP contribution is 2.29. The third-order valence-electron chi connectivity index (χ3n) is 5.51. The quantitative estimate of drug-likeness (QED) is 0.889. The molecule has 1 unspecified atom stereocenters. The van der Waals surface area contributed by atoms with Crippen molar-refractivity contribution in [2.75, 3.05) is 5.75 Å². The predicted molar refractivity (Wildman–Crippen MR) is 95.7 cm³/mol. The van der Waals surface area contributed by atoms with E-state index in [0.29, 0.717) is 0 Å². The average molecular weight is 349 g/mol. The lowest BCUT2D eigenvalue weighted by atomic mass is 9.79. The molecule has 5 heteroatoms. The van der Waals surface area contributed by atoms with E-state index in [4.69, 9.17) is 0 Å². The van der Waals surface area contributed by atoms with Crippen LogP contribution in [-0.2, 0) is 27.5 Å². The molecule has 132 valence electrons. The molecule has 1 fully saturated rings. The van der Waals surface area contributed by atoms with Gasteiger partial charge in [-0.25, -0.2) is 8.42 Å². The molecule has 0 aliphatic heterocycles. The molecule has 0 aromatic heterocycles. The molecule has 2 aliphatic rings. The summed E-state index contributed by atoms with van der Waals surface area (Å²) < 4.78 is 24.6. The molecule has 0 heterocycles. The Bertz CT molecular complexity index is 707. The second kappa shape index (κ2) is 6.87. The van der Waals surface area contributed by atoms with E-state index in [1.54, 1.807) is 0 Å². The number of hydrogen-bond acceptors (Lipinski definition) is 3. The van der Waals surface area contributed by atoms with E-state index in [2.05, 4.69) is 24.4 Å². The third kappa shape index (κ3) is 4.00. The number of nitrogens with one attached hydrogen (secondary N) is 1. The van der Waals surface area contributed by atoms with Crippen molar-refractivity contribution < 1.29 is 13.2 Å².